The molecule has 3 N–H and O–H groups in total. The van der Waals surface area contributed by atoms with Crippen LogP contribution >= 0.6 is 23.1 Å². The van der Waals surface area contributed by atoms with E-state index in [1.54, 1.807) is 23.6 Å². The number of carbonyl (C=O) groups is 2. The highest BCUT2D eigenvalue weighted by atomic mass is 32.2. The van der Waals surface area contributed by atoms with Crippen molar-refractivity contribution in [3.05, 3.63) is 28.3 Å². The van der Waals surface area contributed by atoms with E-state index in [0.29, 0.717) is 18.0 Å². The van der Waals surface area contributed by atoms with E-state index in [1.807, 2.05) is 12.3 Å². The number of carboxylic acids is 1. The van der Waals surface area contributed by atoms with Crippen molar-refractivity contribution in [1.29, 1.82) is 0 Å². The van der Waals surface area contributed by atoms with Gasteiger partial charge in [0.2, 0.25) is 0 Å². The lowest BCUT2D eigenvalue weighted by Gasteiger charge is -2.02. The summed E-state index contributed by atoms with van der Waals surface area (Å²) in [6.07, 6.45) is 1.75. The monoisotopic (exact) mass is 325 g/mol. The average Bonchev–Trinajstić information content (AvgIpc) is 3.06. The van der Waals surface area contributed by atoms with Crippen LogP contribution in [-0.4, -0.2) is 45.0 Å². The molecule has 6 nitrogen and oxygen atoms in total. The van der Waals surface area contributed by atoms with Crippen molar-refractivity contribution < 1.29 is 14.7 Å². The van der Waals surface area contributed by atoms with Gasteiger partial charge >= 0.3 is 5.97 Å². The zero-order valence-corrected chi connectivity index (χ0v) is 13.0. The fraction of sp³-hybridized carbons (Fsp3) is 0.308. The summed E-state index contributed by atoms with van der Waals surface area (Å²) in [7, 11) is 0. The quantitative estimate of drug-likeness (QED) is 0.677. The van der Waals surface area contributed by atoms with E-state index in [0.717, 1.165) is 16.3 Å². The van der Waals surface area contributed by atoms with Crippen LogP contribution in [0.5, 0.6) is 0 Å². The second kappa shape index (κ2) is 7.28. The molecular weight excluding hydrogens is 310 g/mol. The summed E-state index contributed by atoms with van der Waals surface area (Å²) < 4.78 is 0. The summed E-state index contributed by atoms with van der Waals surface area (Å²) in [4.78, 5) is 29.5. The Hall–Kier alpha value is -1.80. The number of aromatic amines is 1. The van der Waals surface area contributed by atoms with Gasteiger partial charge in [-0.05, 0) is 13.0 Å². The standard InChI is InChI=1S/C13H15N3O3S2/c1-8-16-11(6-21-8)9-4-10(15-5-9)13(19)14-2-3-20-7-12(17)18/h4-6,15H,2-3,7H2,1H3,(H,14,19)(H,17,18). The Morgan fingerprint density at radius 1 is 1.52 bits per heavy atom. The van der Waals surface area contributed by atoms with Crippen LogP contribution in [0.2, 0.25) is 0 Å². The Labute approximate surface area is 130 Å². The second-order valence-electron chi connectivity index (χ2n) is 4.26. The normalized spacial score (nSPS) is 10.5. The lowest BCUT2D eigenvalue weighted by Crippen LogP contribution is -2.26. The summed E-state index contributed by atoms with van der Waals surface area (Å²) in [5.74, 6) is -0.439. The van der Waals surface area contributed by atoms with Crippen molar-refractivity contribution in [2.24, 2.45) is 0 Å². The van der Waals surface area contributed by atoms with Crippen LogP contribution in [0.25, 0.3) is 11.3 Å². The fourth-order valence-electron chi connectivity index (χ4n) is 1.66. The van der Waals surface area contributed by atoms with Crippen molar-refractivity contribution in [3.8, 4) is 11.3 Å². The number of rotatable bonds is 7. The molecule has 0 aliphatic carbocycles. The second-order valence-corrected chi connectivity index (χ2v) is 6.42. The van der Waals surface area contributed by atoms with E-state index in [2.05, 4.69) is 15.3 Å². The van der Waals surface area contributed by atoms with E-state index in [-0.39, 0.29) is 11.7 Å². The van der Waals surface area contributed by atoms with E-state index in [1.165, 1.54) is 11.8 Å². The summed E-state index contributed by atoms with van der Waals surface area (Å²) in [5.41, 5.74) is 2.20. The largest absolute Gasteiger partial charge is 0.481 e. The first-order chi connectivity index (χ1) is 10.1. The van der Waals surface area contributed by atoms with Gasteiger partial charge in [0.1, 0.15) is 5.69 Å². The molecule has 2 heterocycles. The number of nitrogens with one attached hydrogen (secondary N) is 2. The van der Waals surface area contributed by atoms with Gasteiger partial charge in [-0.1, -0.05) is 0 Å². The molecule has 0 spiro atoms. The molecule has 0 atom stereocenters. The number of aliphatic carboxylic acids is 1. The minimum absolute atomic E-state index is 0.0473. The molecule has 0 saturated carbocycles. The number of H-pyrrole nitrogens is 1. The first-order valence-corrected chi connectivity index (χ1v) is 8.28. The van der Waals surface area contributed by atoms with Gasteiger partial charge in [0.15, 0.2) is 0 Å². The molecule has 0 aromatic carbocycles. The lowest BCUT2D eigenvalue weighted by atomic mass is 10.2. The SMILES string of the molecule is Cc1nc(-c2c[nH]c(C(=O)NCCSCC(=O)O)c2)cs1. The summed E-state index contributed by atoms with van der Waals surface area (Å²) in [6, 6.07) is 1.76. The van der Waals surface area contributed by atoms with Crippen LogP contribution in [-0.2, 0) is 4.79 Å². The third-order valence-corrected chi connectivity index (χ3v) is 4.32. The molecule has 0 unspecified atom stereocenters. The third kappa shape index (κ3) is 4.61. The molecule has 2 rings (SSSR count). The summed E-state index contributed by atoms with van der Waals surface area (Å²) in [5, 5.41) is 14.2. The molecule has 112 valence electrons. The number of thioether (sulfide) groups is 1. The Bertz CT molecular complexity index is 636. The molecule has 1 amide bonds. The van der Waals surface area contributed by atoms with Crippen molar-refractivity contribution >= 4 is 35.0 Å². The zero-order valence-electron chi connectivity index (χ0n) is 11.4. The number of thiazole rings is 1. The minimum Gasteiger partial charge on any atom is -0.481 e. The smallest absolute Gasteiger partial charge is 0.313 e. The number of hydrogen-bond donors (Lipinski definition) is 3. The molecule has 0 aliphatic rings. The number of carboxylic acid groups (broad SMARTS) is 1. The Balaban J connectivity index is 1.83. The van der Waals surface area contributed by atoms with E-state index >= 15 is 0 Å². The van der Waals surface area contributed by atoms with Crippen molar-refractivity contribution in [1.82, 2.24) is 15.3 Å². The van der Waals surface area contributed by atoms with Crippen LogP contribution in [0.15, 0.2) is 17.6 Å². The van der Waals surface area contributed by atoms with Crippen LogP contribution in [0.1, 0.15) is 15.5 Å². The highest BCUT2D eigenvalue weighted by Gasteiger charge is 2.10. The maximum Gasteiger partial charge on any atom is 0.313 e. The molecule has 0 fully saturated rings. The molecule has 0 saturated heterocycles. The average molecular weight is 325 g/mol. The Morgan fingerprint density at radius 3 is 3.00 bits per heavy atom. The maximum atomic E-state index is 11.9. The van der Waals surface area contributed by atoms with Crippen LogP contribution in [0, 0.1) is 6.92 Å². The van der Waals surface area contributed by atoms with Gasteiger partial charge in [-0.3, -0.25) is 9.59 Å². The van der Waals surface area contributed by atoms with Crippen molar-refractivity contribution in [2.45, 2.75) is 6.92 Å². The molecule has 2 aromatic heterocycles. The maximum absolute atomic E-state index is 11.9. The van der Waals surface area contributed by atoms with Gasteiger partial charge in [0.05, 0.1) is 16.5 Å². The van der Waals surface area contributed by atoms with Crippen LogP contribution in [0.3, 0.4) is 0 Å². The summed E-state index contributed by atoms with van der Waals surface area (Å²) >= 11 is 2.83. The van der Waals surface area contributed by atoms with E-state index in [4.69, 9.17) is 5.11 Å². The number of nitrogens with zero attached hydrogens (tertiary/aromatic N) is 1. The fourth-order valence-corrected chi connectivity index (χ4v) is 2.85. The van der Waals surface area contributed by atoms with Crippen molar-refractivity contribution in [2.75, 3.05) is 18.1 Å². The number of aromatic nitrogens is 2. The third-order valence-electron chi connectivity index (χ3n) is 2.60. The van der Waals surface area contributed by atoms with Gasteiger partial charge in [-0.2, -0.15) is 0 Å². The molecular formula is C13H15N3O3S2. The van der Waals surface area contributed by atoms with Gasteiger partial charge < -0.3 is 15.4 Å². The number of hydrogen-bond acceptors (Lipinski definition) is 5. The topological polar surface area (TPSA) is 95.1 Å². The number of aryl methyl sites for hydroxylation is 1. The van der Waals surface area contributed by atoms with Gasteiger partial charge in [0, 0.05) is 29.4 Å². The lowest BCUT2D eigenvalue weighted by molar-refractivity contribution is -0.133. The highest BCUT2D eigenvalue weighted by molar-refractivity contribution is 7.99. The minimum atomic E-state index is -0.848. The Kier molecular flexibility index (Phi) is 5.40. The zero-order chi connectivity index (χ0) is 15.2. The predicted molar refractivity (Wildman–Crippen MR) is 83.9 cm³/mol. The predicted octanol–water partition coefficient (Wildman–Crippen LogP) is 1.99. The van der Waals surface area contributed by atoms with Crippen LogP contribution < -0.4 is 5.32 Å². The first-order valence-electron chi connectivity index (χ1n) is 6.25. The first kappa shape index (κ1) is 15.6. The van der Waals surface area contributed by atoms with E-state index in [9.17, 15) is 9.59 Å². The Morgan fingerprint density at radius 2 is 2.33 bits per heavy atom. The molecule has 0 radical (unpaired) electrons. The van der Waals surface area contributed by atoms with Gasteiger partial charge in [-0.15, -0.1) is 23.1 Å². The van der Waals surface area contributed by atoms with Crippen LogP contribution in [0.4, 0.5) is 0 Å². The number of amides is 1. The van der Waals surface area contributed by atoms with Gasteiger partial charge in [0.25, 0.3) is 5.91 Å². The molecule has 0 aliphatic heterocycles. The highest BCUT2D eigenvalue weighted by Crippen LogP contribution is 2.22. The molecule has 2 aromatic rings. The molecule has 0 bridgehead atoms. The molecule has 8 heteroatoms. The van der Waals surface area contributed by atoms with Gasteiger partial charge in [-0.25, -0.2) is 4.98 Å². The summed E-state index contributed by atoms with van der Waals surface area (Å²) in [6.45, 7) is 2.37. The van der Waals surface area contributed by atoms with Crippen molar-refractivity contribution in [3.63, 3.8) is 0 Å². The molecule has 21 heavy (non-hydrogen) atoms. The number of carbonyl (C=O) groups excluding carboxylic acids is 1. The van der Waals surface area contributed by atoms with E-state index < -0.39 is 5.97 Å².